The summed E-state index contributed by atoms with van der Waals surface area (Å²) in [5.41, 5.74) is -1.17. The number of rotatable bonds is 9. The molecule has 0 rings (SSSR count). The van der Waals surface area contributed by atoms with Crippen LogP contribution in [0.25, 0.3) is 0 Å². The Balaban J connectivity index is 4.61. The van der Waals surface area contributed by atoms with Gasteiger partial charge in [-0.3, -0.25) is 19.2 Å². The molecule has 0 bridgehead atoms. The maximum atomic E-state index is 12.5. The maximum Gasteiger partial charge on any atom is 0.306 e. The van der Waals surface area contributed by atoms with Gasteiger partial charge in [-0.15, -0.1) is 0 Å². The zero-order chi connectivity index (χ0) is 22.1. The van der Waals surface area contributed by atoms with Crippen LogP contribution < -0.4 is 10.6 Å². The van der Waals surface area contributed by atoms with Crippen molar-refractivity contribution in [3.05, 3.63) is 0 Å². The van der Waals surface area contributed by atoms with Gasteiger partial charge in [0, 0.05) is 25.8 Å². The highest BCUT2D eigenvalue weighted by Gasteiger charge is 2.24. The van der Waals surface area contributed by atoms with Gasteiger partial charge in [0.1, 0.15) is 17.2 Å². The number of hydrogen-bond acceptors (Lipinski definition) is 6. The van der Waals surface area contributed by atoms with Gasteiger partial charge in [-0.25, -0.2) is 0 Å². The summed E-state index contributed by atoms with van der Waals surface area (Å²) >= 11 is 0. The average molecular weight is 401 g/mol. The van der Waals surface area contributed by atoms with Crippen LogP contribution in [-0.2, 0) is 28.7 Å². The van der Waals surface area contributed by atoms with E-state index < -0.39 is 29.1 Å². The van der Waals surface area contributed by atoms with Crippen molar-refractivity contribution in [2.45, 2.75) is 104 Å². The molecular formula is C20H36N2O6. The molecular weight excluding hydrogens is 364 g/mol. The largest absolute Gasteiger partial charge is 0.460 e. The van der Waals surface area contributed by atoms with E-state index in [4.69, 9.17) is 9.47 Å². The normalized spacial score (nSPS) is 13.9. The molecule has 0 radical (unpaired) electrons. The van der Waals surface area contributed by atoms with Gasteiger partial charge in [-0.2, -0.15) is 0 Å². The number of carbonyl (C=O) groups is 4. The van der Waals surface area contributed by atoms with Crippen molar-refractivity contribution in [2.75, 3.05) is 0 Å². The molecule has 8 nitrogen and oxygen atoms in total. The second-order valence-electron chi connectivity index (χ2n) is 8.91. The van der Waals surface area contributed by atoms with Gasteiger partial charge < -0.3 is 20.1 Å². The lowest BCUT2D eigenvalue weighted by atomic mass is 10.1. The molecule has 2 atom stereocenters. The molecule has 0 heterocycles. The number of nitrogens with one attached hydrogen (secondary N) is 2. The lowest BCUT2D eigenvalue weighted by Gasteiger charge is -2.23. The van der Waals surface area contributed by atoms with Crippen LogP contribution in [-0.4, -0.2) is 47.0 Å². The van der Waals surface area contributed by atoms with E-state index in [2.05, 4.69) is 10.6 Å². The Kier molecular flexibility index (Phi) is 10.2. The van der Waals surface area contributed by atoms with Crippen LogP contribution in [0.4, 0.5) is 0 Å². The minimum atomic E-state index is -0.853. The van der Waals surface area contributed by atoms with E-state index in [1.807, 2.05) is 0 Å². The third kappa shape index (κ3) is 14.0. The minimum Gasteiger partial charge on any atom is -0.460 e. The predicted molar refractivity (Wildman–Crippen MR) is 105 cm³/mol. The third-order valence-electron chi connectivity index (χ3n) is 3.34. The van der Waals surface area contributed by atoms with Crippen LogP contribution in [0.15, 0.2) is 0 Å². The fraction of sp³-hybridized carbons (Fsp3) is 0.800. The molecule has 28 heavy (non-hydrogen) atoms. The van der Waals surface area contributed by atoms with Crippen molar-refractivity contribution in [3.63, 3.8) is 0 Å². The topological polar surface area (TPSA) is 111 Å². The van der Waals surface area contributed by atoms with E-state index in [0.29, 0.717) is 6.42 Å². The smallest absolute Gasteiger partial charge is 0.306 e. The molecule has 0 fully saturated rings. The summed E-state index contributed by atoms with van der Waals surface area (Å²) in [7, 11) is 0. The first-order valence-electron chi connectivity index (χ1n) is 9.60. The quantitative estimate of drug-likeness (QED) is 0.574. The van der Waals surface area contributed by atoms with Gasteiger partial charge in [0.05, 0.1) is 0 Å². The molecule has 0 aliphatic heterocycles. The summed E-state index contributed by atoms with van der Waals surface area (Å²) in [5, 5.41) is 5.31. The Labute approximate surface area is 168 Å². The van der Waals surface area contributed by atoms with Gasteiger partial charge in [-0.05, 0) is 61.3 Å². The maximum absolute atomic E-state index is 12.5. The van der Waals surface area contributed by atoms with Crippen LogP contribution >= 0.6 is 0 Å². The van der Waals surface area contributed by atoms with E-state index >= 15 is 0 Å². The molecule has 0 saturated carbocycles. The Morgan fingerprint density at radius 2 is 1.21 bits per heavy atom. The first kappa shape index (κ1) is 25.9. The van der Waals surface area contributed by atoms with Crippen molar-refractivity contribution in [2.24, 2.45) is 0 Å². The van der Waals surface area contributed by atoms with Gasteiger partial charge in [0.15, 0.2) is 0 Å². The summed E-state index contributed by atoms with van der Waals surface area (Å²) < 4.78 is 10.5. The molecule has 0 aromatic carbocycles. The number of ether oxygens (including phenoxy) is 2. The Bertz CT molecular complexity index is 560. The summed E-state index contributed by atoms with van der Waals surface area (Å²) in [6.45, 7) is 13.7. The van der Waals surface area contributed by atoms with Crippen molar-refractivity contribution in [1.82, 2.24) is 10.6 Å². The Morgan fingerprint density at radius 1 is 0.786 bits per heavy atom. The van der Waals surface area contributed by atoms with Crippen LogP contribution in [0.5, 0.6) is 0 Å². The SMILES string of the molecule is CC(=O)NC(CCC(=O)OC(C)(C)C)C(=O)NC(C)CCC(=O)OC(C)(C)C. The van der Waals surface area contributed by atoms with E-state index in [1.54, 1.807) is 48.5 Å². The lowest BCUT2D eigenvalue weighted by molar-refractivity contribution is -0.156. The zero-order valence-corrected chi connectivity index (χ0v) is 18.4. The van der Waals surface area contributed by atoms with Crippen molar-refractivity contribution in [1.29, 1.82) is 0 Å². The standard InChI is InChI=1S/C20H36N2O6/c1-13(9-11-16(24)27-19(3,4)5)21-18(26)15(22-14(2)23)10-12-17(25)28-20(6,7)8/h13,15H,9-12H2,1-8H3,(H,21,26)(H,22,23). The summed E-state index contributed by atoms with van der Waals surface area (Å²) in [4.78, 5) is 47.5. The molecule has 0 aliphatic carbocycles. The average Bonchev–Trinajstić information content (AvgIpc) is 2.45. The lowest BCUT2D eigenvalue weighted by Crippen LogP contribution is -2.49. The first-order valence-corrected chi connectivity index (χ1v) is 9.60. The number of hydrogen-bond donors (Lipinski definition) is 2. The summed E-state index contributed by atoms with van der Waals surface area (Å²) in [5.74, 6) is -1.55. The monoisotopic (exact) mass is 400 g/mol. The van der Waals surface area contributed by atoms with Gasteiger partial charge in [-0.1, -0.05) is 0 Å². The van der Waals surface area contributed by atoms with Gasteiger partial charge in [0.2, 0.25) is 11.8 Å². The molecule has 0 spiro atoms. The van der Waals surface area contributed by atoms with Crippen molar-refractivity contribution < 1.29 is 28.7 Å². The molecule has 0 saturated heterocycles. The highest BCUT2D eigenvalue weighted by Crippen LogP contribution is 2.12. The molecule has 8 heteroatoms. The molecule has 0 aromatic rings. The minimum absolute atomic E-state index is 0.00191. The van der Waals surface area contributed by atoms with Crippen LogP contribution in [0.1, 0.15) is 81.1 Å². The highest BCUT2D eigenvalue weighted by molar-refractivity contribution is 5.87. The molecule has 2 amide bonds. The van der Waals surface area contributed by atoms with Crippen molar-refractivity contribution in [3.8, 4) is 0 Å². The summed E-state index contributed by atoms with van der Waals surface area (Å²) in [6, 6.07) is -1.15. The summed E-state index contributed by atoms with van der Waals surface area (Å²) in [6.07, 6.45) is 0.696. The van der Waals surface area contributed by atoms with Gasteiger partial charge >= 0.3 is 11.9 Å². The fourth-order valence-corrected chi connectivity index (χ4v) is 2.31. The van der Waals surface area contributed by atoms with Crippen LogP contribution in [0.3, 0.4) is 0 Å². The number of amides is 2. The van der Waals surface area contributed by atoms with Crippen LogP contribution in [0.2, 0.25) is 0 Å². The molecule has 2 unspecified atom stereocenters. The third-order valence-corrected chi connectivity index (χ3v) is 3.34. The number of carbonyl (C=O) groups excluding carboxylic acids is 4. The van der Waals surface area contributed by atoms with Crippen molar-refractivity contribution >= 4 is 23.8 Å². The molecule has 2 N–H and O–H groups in total. The first-order chi connectivity index (χ1) is 12.6. The zero-order valence-electron chi connectivity index (χ0n) is 18.4. The molecule has 0 aromatic heterocycles. The van der Waals surface area contributed by atoms with E-state index in [1.165, 1.54) is 6.92 Å². The number of esters is 2. The van der Waals surface area contributed by atoms with E-state index in [9.17, 15) is 19.2 Å². The van der Waals surface area contributed by atoms with E-state index in [0.717, 1.165) is 0 Å². The van der Waals surface area contributed by atoms with Gasteiger partial charge in [0.25, 0.3) is 0 Å². The molecule has 0 aliphatic rings. The van der Waals surface area contributed by atoms with Crippen LogP contribution in [0, 0.1) is 0 Å². The Hall–Kier alpha value is -2.12. The predicted octanol–water partition coefficient (Wildman–Crippen LogP) is 2.24. The fourth-order valence-electron chi connectivity index (χ4n) is 2.31. The second kappa shape index (κ2) is 11.0. The molecule has 162 valence electrons. The Morgan fingerprint density at radius 3 is 1.61 bits per heavy atom. The second-order valence-corrected chi connectivity index (χ2v) is 8.91. The van der Waals surface area contributed by atoms with E-state index in [-0.39, 0.29) is 37.2 Å². The highest BCUT2D eigenvalue weighted by atomic mass is 16.6.